The molecule has 0 aliphatic carbocycles. The lowest BCUT2D eigenvalue weighted by atomic mass is 10.1. The van der Waals surface area contributed by atoms with E-state index in [4.69, 9.17) is 25.8 Å². The summed E-state index contributed by atoms with van der Waals surface area (Å²) in [7, 11) is 1.56. The van der Waals surface area contributed by atoms with Gasteiger partial charge in [-0.25, -0.2) is 9.37 Å². The molecule has 6 aromatic rings. The third-order valence-corrected chi connectivity index (χ3v) is 9.00. The van der Waals surface area contributed by atoms with E-state index in [1.807, 2.05) is 0 Å². The molecule has 0 bridgehead atoms. The van der Waals surface area contributed by atoms with Crippen molar-refractivity contribution < 1.29 is 23.4 Å². The minimum absolute atomic E-state index is 0.0790. The molecule has 0 saturated carbocycles. The number of benzene rings is 4. The number of pyridine rings is 1. The van der Waals surface area contributed by atoms with Gasteiger partial charge >= 0.3 is 0 Å². The smallest absolute Gasteiger partial charge is 0.287 e. The molecule has 0 spiro atoms. The van der Waals surface area contributed by atoms with E-state index in [1.54, 1.807) is 80.0 Å². The Bertz CT molecular complexity index is 2290. The van der Waals surface area contributed by atoms with Crippen LogP contribution in [0.1, 0.15) is 36.2 Å². The van der Waals surface area contributed by atoms with Crippen LogP contribution in [-0.2, 0) is 0 Å². The van der Waals surface area contributed by atoms with Gasteiger partial charge in [0.2, 0.25) is 0 Å². The molecule has 1 N–H and O–H groups in total. The maximum atomic E-state index is 15.5. The number of hydrogen-bond acceptors (Lipinski definition) is 8. The van der Waals surface area contributed by atoms with Crippen LogP contribution in [0.5, 0.6) is 23.0 Å². The van der Waals surface area contributed by atoms with E-state index in [9.17, 15) is 9.59 Å². The van der Waals surface area contributed by atoms with Gasteiger partial charge in [-0.05, 0) is 86.9 Å². The quantitative estimate of drug-likeness (QED) is 0.135. The average Bonchev–Trinajstić information content (AvgIpc) is 3.14. The third kappa shape index (κ3) is 7.50. The number of piperidine rings is 1. The minimum Gasteiger partial charge on any atom is -0.493 e. The number of rotatable bonds is 11. The molecule has 4 aromatic carbocycles. The molecule has 3 heterocycles. The highest BCUT2D eigenvalue weighted by Crippen LogP contribution is 2.38. The van der Waals surface area contributed by atoms with E-state index in [2.05, 4.69) is 20.2 Å². The van der Waals surface area contributed by atoms with Crippen LogP contribution in [0.2, 0.25) is 5.02 Å². The topological polar surface area (TPSA) is 108 Å². The van der Waals surface area contributed by atoms with Crippen molar-refractivity contribution in [1.29, 1.82) is 0 Å². The van der Waals surface area contributed by atoms with Gasteiger partial charge in [-0.3, -0.25) is 19.1 Å². The van der Waals surface area contributed by atoms with Crippen molar-refractivity contribution in [3.63, 3.8) is 0 Å². The van der Waals surface area contributed by atoms with E-state index in [0.717, 1.165) is 32.1 Å². The number of aromatic nitrogens is 3. The zero-order valence-corrected chi connectivity index (χ0v) is 28.7. The van der Waals surface area contributed by atoms with E-state index < -0.39 is 17.3 Å². The highest BCUT2D eigenvalue weighted by atomic mass is 35.5. The Balaban J connectivity index is 1.08. The van der Waals surface area contributed by atoms with Crippen LogP contribution in [0.4, 0.5) is 10.1 Å². The van der Waals surface area contributed by atoms with Crippen molar-refractivity contribution in [2.24, 2.45) is 0 Å². The number of fused-ring (bicyclic) bond motifs is 2. The SMILES string of the molecule is COc1cc2c(Oc3ccc(NC(=O)c4nc5ccccc5n(-c5cccc(Cl)c5)c4=O)cc3F)ccnc2cc1OCCCN1CCCCC1. The molecule has 12 heteroatoms. The molecule has 1 aliphatic rings. The summed E-state index contributed by atoms with van der Waals surface area (Å²) in [6.45, 7) is 3.81. The number of methoxy groups -OCH3 is 1. The van der Waals surface area contributed by atoms with E-state index >= 15 is 4.39 Å². The van der Waals surface area contributed by atoms with Crippen LogP contribution in [0, 0.1) is 5.82 Å². The predicted octanol–water partition coefficient (Wildman–Crippen LogP) is 8.03. The molecule has 1 saturated heterocycles. The molecular weight excluding hydrogens is 673 g/mol. The van der Waals surface area contributed by atoms with Crippen LogP contribution in [0.25, 0.3) is 27.6 Å². The van der Waals surface area contributed by atoms with Crippen LogP contribution in [0.3, 0.4) is 0 Å². The third-order valence-electron chi connectivity index (χ3n) is 8.76. The van der Waals surface area contributed by atoms with Crippen molar-refractivity contribution in [1.82, 2.24) is 19.4 Å². The number of nitrogens with one attached hydrogen (secondary N) is 1. The normalized spacial score (nSPS) is 13.3. The van der Waals surface area contributed by atoms with Gasteiger partial charge in [0.1, 0.15) is 5.75 Å². The van der Waals surface area contributed by atoms with Gasteiger partial charge in [0.25, 0.3) is 11.5 Å². The van der Waals surface area contributed by atoms with Crippen LogP contribution in [-0.4, -0.2) is 58.7 Å². The Morgan fingerprint density at radius 2 is 1.75 bits per heavy atom. The average molecular weight is 708 g/mol. The number of likely N-dealkylation sites (tertiary alicyclic amines) is 1. The highest BCUT2D eigenvalue weighted by Gasteiger charge is 2.20. The molecular formula is C39H35ClFN5O5. The molecule has 10 nitrogen and oxygen atoms in total. The summed E-state index contributed by atoms with van der Waals surface area (Å²) in [6.07, 6.45) is 6.27. The Labute approximate surface area is 298 Å². The molecule has 0 radical (unpaired) electrons. The number of amides is 1. The van der Waals surface area contributed by atoms with E-state index in [-0.39, 0.29) is 17.1 Å². The molecule has 1 amide bonds. The molecule has 7 rings (SSSR count). The van der Waals surface area contributed by atoms with E-state index in [1.165, 1.54) is 36.0 Å². The molecule has 51 heavy (non-hydrogen) atoms. The first-order chi connectivity index (χ1) is 24.9. The monoisotopic (exact) mass is 707 g/mol. The Hall–Kier alpha value is -5.52. The fourth-order valence-corrected chi connectivity index (χ4v) is 6.45. The highest BCUT2D eigenvalue weighted by molar-refractivity contribution is 6.30. The Morgan fingerprint density at radius 3 is 2.55 bits per heavy atom. The summed E-state index contributed by atoms with van der Waals surface area (Å²) >= 11 is 6.21. The molecule has 2 aromatic heterocycles. The fourth-order valence-electron chi connectivity index (χ4n) is 6.26. The first-order valence-corrected chi connectivity index (χ1v) is 17.1. The number of para-hydroxylation sites is 2. The van der Waals surface area contributed by atoms with Gasteiger partial charge in [0.05, 0.1) is 36.0 Å². The van der Waals surface area contributed by atoms with Crippen LogP contribution >= 0.6 is 11.6 Å². The lowest BCUT2D eigenvalue weighted by molar-refractivity contribution is 0.102. The van der Waals surface area contributed by atoms with Gasteiger partial charge in [-0.1, -0.05) is 36.2 Å². The van der Waals surface area contributed by atoms with Crippen LogP contribution < -0.4 is 25.1 Å². The number of halogens is 2. The fraction of sp³-hybridized carbons (Fsp3) is 0.231. The van der Waals surface area contributed by atoms with Gasteiger partial charge in [0, 0.05) is 41.0 Å². The number of ether oxygens (including phenoxy) is 3. The molecule has 0 unspecified atom stereocenters. The summed E-state index contributed by atoms with van der Waals surface area (Å²) in [5, 5.41) is 3.63. The maximum absolute atomic E-state index is 15.5. The summed E-state index contributed by atoms with van der Waals surface area (Å²) in [6, 6.07) is 22.9. The molecule has 0 atom stereocenters. The lowest BCUT2D eigenvalue weighted by Crippen LogP contribution is -2.31. The largest absolute Gasteiger partial charge is 0.493 e. The van der Waals surface area contributed by atoms with Gasteiger partial charge in [-0.15, -0.1) is 0 Å². The summed E-state index contributed by atoms with van der Waals surface area (Å²) < 4.78 is 34.6. The van der Waals surface area contributed by atoms with Crippen molar-refractivity contribution in [2.75, 3.05) is 38.7 Å². The first kappa shape index (κ1) is 34.0. The number of nitrogens with zero attached hydrogens (tertiary/aromatic N) is 4. The van der Waals surface area contributed by atoms with Gasteiger partial charge in [0.15, 0.2) is 28.8 Å². The molecule has 1 aliphatic heterocycles. The zero-order chi connectivity index (χ0) is 35.3. The summed E-state index contributed by atoms with van der Waals surface area (Å²) in [4.78, 5) is 38.3. The van der Waals surface area contributed by atoms with E-state index in [0.29, 0.717) is 56.5 Å². The first-order valence-electron chi connectivity index (χ1n) is 16.8. The Kier molecular flexibility index (Phi) is 10.1. The van der Waals surface area contributed by atoms with Gasteiger partial charge in [-0.2, -0.15) is 0 Å². The zero-order valence-electron chi connectivity index (χ0n) is 27.9. The van der Waals surface area contributed by atoms with Crippen molar-refractivity contribution in [3.8, 4) is 28.7 Å². The number of carbonyl (C=O) groups excluding carboxylic acids is 1. The Morgan fingerprint density at radius 1 is 0.902 bits per heavy atom. The standard InChI is InChI=1S/C39H35ClFN5O5/c1-49-35-23-28-31(24-36(35)50-20-8-19-45-17-5-2-6-18-45)42-16-15-33(28)51-34-14-13-26(22-29(34)41)43-38(47)37-39(48)46(27-10-7-9-25(40)21-27)32-12-4-3-11-30(32)44-37/h3-4,7,9-16,21-24H,2,5-6,8,17-20H2,1H3,(H,43,47). The van der Waals surface area contributed by atoms with Crippen molar-refractivity contribution >= 4 is 45.1 Å². The predicted molar refractivity (Wildman–Crippen MR) is 195 cm³/mol. The summed E-state index contributed by atoms with van der Waals surface area (Å²) in [5.74, 6) is -0.182. The second-order valence-electron chi connectivity index (χ2n) is 12.2. The van der Waals surface area contributed by atoms with Crippen LogP contribution in [0.15, 0.2) is 95.9 Å². The maximum Gasteiger partial charge on any atom is 0.287 e. The van der Waals surface area contributed by atoms with Crippen molar-refractivity contribution in [2.45, 2.75) is 25.7 Å². The number of hydrogen-bond donors (Lipinski definition) is 1. The van der Waals surface area contributed by atoms with Crippen molar-refractivity contribution in [3.05, 3.63) is 118 Å². The molecule has 260 valence electrons. The second-order valence-corrected chi connectivity index (χ2v) is 12.6. The molecule has 1 fully saturated rings. The minimum atomic E-state index is -0.800. The number of anilines is 1. The lowest BCUT2D eigenvalue weighted by Gasteiger charge is -2.26. The summed E-state index contributed by atoms with van der Waals surface area (Å²) in [5.41, 5.74) is 1.08. The number of carbonyl (C=O) groups is 1. The van der Waals surface area contributed by atoms with Gasteiger partial charge < -0.3 is 24.4 Å². The second kappa shape index (κ2) is 15.2.